The fourth-order valence-electron chi connectivity index (χ4n) is 1.95. The molecule has 19 heavy (non-hydrogen) atoms. The highest BCUT2D eigenvalue weighted by Gasteiger charge is 2.25. The van der Waals surface area contributed by atoms with E-state index >= 15 is 0 Å². The monoisotopic (exact) mass is 283 g/mol. The van der Waals surface area contributed by atoms with Gasteiger partial charge in [0.05, 0.1) is 4.90 Å². The molecule has 0 atom stereocenters. The lowest BCUT2D eigenvalue weighted by atomic mass is 10.2. The summed E-state index contributed by atoms with van der Waals surface area (Å²) in [6, 6.07) is 5.40. The van der Waals surface area contributed by atoms with Gasteiger partial charge in [0.25, 0.3) is 0 Å². The van der Waals surface area contributed by atoms with Crippen molar-refractivity contribution in [2.24, 2.45) is 0 Å². The topological polar surface area (TPSA) is 75.4 Å². The van der Waals surface area contributed by atoms with Gasteiger partial charge in [0.2, 0.25) is 10.0 Å². The van der Waals surface area contributed by atoms with E-state index < -0.39 is 10.0 Å². The van der Waals surface area contributed by atoms with Crippen LogP contribution in [0.15, 0.2) is 23.1 Å². The molecule has 1 aliphatic rings. The van der Waals surface area contributed by atoms with Crippen LogP contribution >= 0.6 is 0 Å². The number of nitrogens with zero attached hydrogens (tertiary/aromatic N) is 1. The summed E-state index contributed by atoms with van der Waals surface area (Å²) in [6.45, 7) is 2.96. The number of nitrogen functional groups attached to an aromatic ring is 1. The van der Waals surface area contributed by atoms with Gasteiger partial charge in [0.15, 0.2) is 0 Å². The molecule has 0 saturated heterocycles. The minimum absolute atomic E-state index is 0.272. The second kappa shape index (κ2) is 5.48. The van der Waals surface area contributed by atoms with Crippen LogP contribution in [0.1, 0.15) is 18.4 Å². The number of sulfonamides is 1. The lowest BCUT2D eigenvalue weighted by Crippen LogP contribution is -2.34. The van der Waals surface area contributed by atoms with E-state index in [9.17, 15) is 8.42 Å². The summed E-state index contributed by atoms with van der Waals surface area (Å²) >= 11 is 0. The lowest BCUT2D eigenvalue weighted by molar-refractivity contribution is 0.329. The molecule has 3 N–H and O–H groups in total. The maximum Gasteiger partial charge on any atom is 0.240 e. The Hall–Kier alpha value is -1.11. The Morgan fingerprint density at radius 3 is 2.68 bits per heavy atom. The number of rotatable bonds is 6. The van der Waals surface area contributed by atoms with Crippen molar-refractivity contribution in [2.75, 3.05) is 25.9 Å². The molecule has 1 saturated carbocycles. The molecule has 0 heterocycles. The van der Waals surface area contributed by atoms with Gasteiger partial charge < -0.3 is 10.6 Å². The normalized spacial score (nSPS) is 15.9. The number of hydrogen-bond acceptors (Lipinski definition) is 4. The maximum absolute atomic E-state index is 12.1. The fourth-order valence-corrected chi connectivity index (χ4v) is 3.06. The van der Waals surface area contributed by atoms with Crippen molar-refractivity contribution >= 4 is 15.7 Å². The predicted octanol–water partition coefficient (Wildman–Crippen LogP) is 0.950. The van der Waals surface area contributed by atoms with Crippen LogP contribution in [-0.2, 0) is 10.0 Å². The second-order valence-corrected chi connectivity index (χ2v) is 6.89. The molecule has 106 valence electrons. The van der Waals surface area contributed by atoms with Crippen LogP contribution in [0.2, 0.25) is 0 Å². The van der Waals surface area contributed by atoms with Crippen molar-refractivity contribution in [1.29, 1.82) is 0 Å². The molecule has 0 bridgehead atoms. The van der Waals surface area contributed by atoms with Gasteiger partial charge in [-0.3, -0.25) is 0 Å². The number of anilines is 1. The first-order chi connectivity index (χ1) is 8.90. The van der Waals surface area contributed by atoms with Crippen LogP contribution in [0.4, 0.5) is 5.69 Å². The molecule has 0 aromatic heterocycles. The van der Waals surface area contributed by atoms with Gasteiger partial charge in [-0.25, -0.2) is 13.1 Å². The molecule has 1 aliphatic carbocycles. The van der Waals surface area contributed by atoms with E-state index in [0.29, 0.717) is 18.3 Å². The molecule has 2 rings (SSSR count). The van der Waals surface area contributed by atoms with Gasteiger partial charge in [0.1, 0.15) is 0 Å². The Balaban J connectivity index is 1.95. The molecule has 1 aromatic rings. The number of benzene rings is 1. The highest BCUT2D eigenvalue weighted by Crippen LogP contribution is 2.24. The van der Waals surface area contributed by atoms with Crippen molar-refractivity contribution in [1.82, 2.24) is 9.62 Å². The molecule has 0 radical (unpaired) electrons. The number of hydrogen-bond donors (Lipinski definition) is 2. The van der Waals surface area contributed by atoms with Gasteiger partial charge in [-0.05, 0) is 50.6 Å². The van der Waals surface area contributed by atoms with Crippen LogP contribution < -0.4 is 10.5 Å². The van der Waals surface area contributed by atoms with Gasteiger partial charge in [-0.2, -0.15) is 0 Å². The van der Waals surface area contributed by atoms with E-state index in [1.54, 1.807) is 19.1 Å². The molecule has 0 unspecified atom stereocenters. The van der Waals surface area contributed by atoms with Gasteiger partial charge in [-0.1, -0.05) is 0 Å². The largest absolute Gasteiger partial charge is 0.399 e. The van der Waals surface area contributed by atoms with Crippen LogP contribution in [0.3, 0.4) is 0 Å². The van der Waals surface area contributed by atoms with Gasteiger partial charge >= 0.3 is 0 Å². The van der Waals surface area contributed by atoms with E-state index in [2.05, 4.69) is 9.62 Å². The summed E-state index contributed by atoms with van der Waals surface area (Å²) in [6.07, 6.45) is 2.45. The summed E-state index contributed by atoms with van der Waals surface area (Å²) < 4.78 is 26.8. The molecule has 6 heteroatoms. The minimum atomic E-state index is -3.43. The first-order valence-electron chi connectivity index (χ1n) is 6.46. The fraction of sp³-hybridized carbons (Fsp3) is 0.538. The molecule has 0 spiro atoms. The zero-order valence-corrected chi connectivity index (χ0v) is 12.2. The molecule has 5 nitrogen and oxygen atoms in total. The maximum atomic E-state index is 12.1. The number of nitrogens with two attached hydrogens (primary N) is 1. The van der Waals surface area contributed by atoms with Crippen molar-refractivity contribution in [3.05, 3.63) is 23.8 Å². The summed E-state index contributed by atoms with van der Waals surface area (Å²) in [4.78, 5) is 2.46. The van der Waals surface area contributed by atoms with E-state index in [4.69, 9.17) is 5.73 Å². The van der Waals surface area contributed by atoms with Crippen molar-refractivity contribution < 1.29 is 8.42 Å². The van der Waals surface area contributed by atoms with Crippen molar-refractivity contribution in [2.45, 2.75) is 30.7 Å². The van der Waals surface area contributed by atoms with E-state index in [1.807, 2.05) is 7.05 Å². The average molecular weight is 283 g/mol. The molecule has 1 fully saturated rings. The molecule has 1 aromatic carbocycles. The Morgan fingerprint density at radius 1 is 1.42 bits per heavy atom. The van der Waals surface area contributed by atoms with Crippen molar-refractivity contribution in [3.63, 3.8) is 0 Å². The smallest absolute Gasteiger partial charge is 0.240 e. The summed E-state index contributed by atoms with van der Waals surface area (Å²) in [5, 5.41) is 0. The number of nitrogens with one attached hydrogen (secondary N) is 1. The first kappa shape index (κ1) is 14.3. The molecule has 0 amide bonds. The Morgan fingerprint density at radius 2 is 2.11 bits per heavy atom. The van der Waals surface area contributed by atoms with Gasteiger partial charge in [0, 0.05) is 24.8 Å². The Bertz CT molecular complexity index is 553. The summed E-state index contributed by atoms with van der Waals surface area (Å²) in [7, 11) is -1.41. The molecular formula is C13H21N3O2S. The zero-order chi connectivity index (χ0) is 14.0. The Kier molecular flexibility index (Phi) is 4.13. The van der Waals surface area contributed by atoms with E-state index in [1.165, 1.54) is 18.9 Å². The van der Waals surface area contributed by atoms with Gasteiger partial charge in [-0.15, -0.1) is 0 Å². The first-order valence-corrected chi connectivity index (χ1v) is 7.94. The second-order valence-electron chi connectivity index (χ2n) is 5.13. The molecule has 0 aliphatic heterocycles. The SMILES string of the molecule is Cc1cc(S(=O)(=O)NCCN(C)C2CC2)ccc1N. The number of likely N-dealkylation sites (N-methyl/N-ethyl adjacent to an activating group) is 1. The summed E-state index contributed by atoms with van der Waals surface area (Å²) in [5.74, 6) is 0. The quantitative estimate of drug-likeness (QED) is 0.762. The number of aryl methyl sites for hydroxylation is 1. The van der Waals surface area contributed by atoms with E-state index in [0.717, 1.165) is 12.1 Å². The van der Waals surface area contributed by atoms with E-state index in [-0.39, 0.29) is 4.90 Å². The molecular weight excluding hydrogens is 262 g/mol. The highest BCUT2D eigenvalue weighted by atomic mass is 32.2. The van der Waals surface area contributed by atoms with Crippen LogP contribution in [0, 0.1) is 6.92 Å². The van der Waals surface area contributed by atoms with Crippen molar-refractivity contribution in [3.8, 4) is 0 Å². The average Bonchev–Trinajstić information content (AvgIpc) is 3.16. The minimum Gasteiger partial charge on any atom is -0.399 e. The third-order valence-corrected chi connectivity index (χ3v) is 4.94. The lowest BCUT2D eigenvalue weighted by Gasteiger charge is -2.16. The predicted molar refractivity (Wildman–Crippen MR) is 76.4 cm³/mol. The zero-order valence-electron chi connectivity index (χ0n) is 11.4. The highest BCUT2D eigenvalue weighted by molar-refractivity contribution is 7.89. The standard InChI is InChI=1S/C13H21N3O2S/c1-10-9-12(5-6-13(10)14)19(17,18)15-7-8-16(2)11-3-4-11/h5-6,9,11,15H,3-4,7-8,14H2,1-2H3. The third kappa shape index (κ3) is 3.68. The van der Waals surface area contributed by atoms with Crippen LogP contribution in [0.5, 0.6) is 0 Å². The van der Waals surface area contributed by atoms with Crippen LogP contribution in [-0.4, -0.2) is 39.5 Å². The summed E-state index contributed by atoms with van der Waals surface area (Å²) in [5.41, 5.74) is 7.07. The third-order valence-electron chi connectivity index (χ3n) is 3.48. The van der Waals surface area contributed by atoms with Crippen LogP contribution in [0.25, 0.3) is 0 Å². The Labute approximate surface area is 114 Å².